The van der Waals surface area contributed by atoms with E-state index in [4.69, 9.17) is 14.4 Å². The van der Waals surface area contributed by atoms with Gasteiger partial charge in [-0.25, -0.2) is 9.97 Å². The van der Waals surface area contributed by atoms with Crippen molar-refractivity contribution in [3.05, 3.63) is 88.0 Å². The van der Waals surface area contributed by atoms with Crippen molar-refractivity contribution >= 4 is 28.7 Å². The van der Waals surface area contributed by atoms with Crippen molar-refractivity contribution in [2.75, 3.05) is 31.5 Å². The number of carboxylic acids is 1. The second-order valence-electron chi connectivity index (χ2n) is 13.1. The van der Waals surface area contributed by atoms with Crippen molar-refractivity contribution in [3.8, 4) is 28.7 Å². The highest BCUT2D eigenvalue weighted by Gasteiger charge is 2.29. The highest BCUT2D eigenvalue weighted by Crippen LogP contribution is 2.37. The van der Waals surface area contributed by atoms with Gasteiger partial charge in [0.1, 0.15) is 11.6 Å². The number of amides is 1. The topological polar surface area (TPSA) is 141 Å². The maximum Gasteiger partial charge on any atom is 0.307 e. The summed E-state index contributed by atoms with van der Waals surface area (Å²) in [5.74, 6) is -0.556. The molecule has 2 aliphatic rings. The van der Waals surface area contributed by atoms with Crippen LogP contribution in [0, 0.1) is 31.1 Å². The number of hydrogen-bond donors (Lipinski definition) is 2. The molecule has 250 valence electrons. The Kier molecular flexibility index (Phi) is 8.52. The normalized spacial score (nSPS) is 16.5. The fourth-order valence-electron chi connectivity index (χ4n) is 7.27. The molecule has 49 heavy (non-hydrogen) atoms. The SMILES string of the molecule is CCN1CCc2c(nc(C(=O)Nc3cccc(-c4cccc(-c5nc6cc(CN7CC[C@H](C(=O)O)C7)cc(C#N)c6o5)c4C)c3C)n2C)C1. The monoisotopic (exact) mass is 657 g/mol. The van der Waals surface area contributed by atoms with Gasteiger partial charge in [0.05, 0.1) is 17.2 Å². The number of nitrogens with zero attached hydrogens (tertiary/aromatic N) is 6. The standard InChI is InChI=1S/C38H39N7O4/c1-5-44-15-13-33-32(21-44)40-35(43(33)4)36(46)41-30-11-7-9-28(23(30)3)27-8-6-10-29(22(27)2)37-42-31-17-24(16-26(18-39)34(31)49-37)19-45-14-12-25(20-45)38(47)48/h6-11,16-17,25H,5,12-15,19-21H2,1-4H3,(H,41,46)(H,47,48)/t25-/m0/s1. The lowest BCUT2D eigenvalue weighted by molar-refractivity contribution is -0.141. The Hall–Kier alpha value is -5.31. The first-order valence-corrected chi connectivity index (χ1v) is 16.7. The number of carbonyl (C=O) groups is 2. The van der Waals surface area contributed by atoms with Crippen molar-refractivity contribution in [3.63, 3.8) is 0 Å². The Labute approximate surface area is 284 Å². The molecule has 5 aromatic rings. The first kappa shape index (κ1) is 32.2. The number of carboxylic acid groups (broad SMARTS) is 1. The number of oxazole rings is 1. The van der Waals surface area contributed by atoms with Crippen molar-refractivity contribution < 1.29 is 19.1 Å². The largest absolute Gasteiger partial charge is 0.481 e. The highest BCUT2D eigenvalue weighted by atomic mass is 16.4. The number of imidazole rings is 1. The van der Waals surface area contributed by atoms with Crippen LogP contribution in [0.4, 0.5) is 5.69 Å². The number of aromatic nitrogens is 3. The molecule has 0 saturated carbocycles. The van der Waals surface area contributed by atoms with Gasteiger partial charge >= 0.3 is 5.97 Å². The molecule has 11 heteroatoms. The number of anilines is 1. The zero-order valence-electron chi connectivity index (χ0n) is 28.2. The number of nitrogens with one attached hydrogen (secondary N) is 1. The maximum atomic E-state index is 13.5. The van der Waals surface area contributed by atoms with Crippen LogP contribution in [0.2, 0.25) is 0 Å². The predicted octanol–water partition coefficient (Wildman–Crippen LogP) is 5.92. The molecular weight excluding hydrogens is 618 g/mol. The van der Waals surface area contributed by atoms with Crippen LogP contribution in [0.1, 0.15) is 57.6 Å². The van der Waals surface area contributed by atoms with Gasteiger partial charge in [-0.2, -0.15) is 5.26 Å². The van der Waals surface area contributed by atoms with Crippen LogP contribution < -0.4 is 5.32 Å². The zero-order chi connectivity index (χ0) is 34.4. The third-order valence-electron chi connectivity index (χ3n) is 10.1. The molecule has 0 bridgehead atoms. The van der Waals surface area contributed by atoms with E-state index in [-0.39, 0.29) is 11.8 Å². The summed E-state index contributed by atoms with van der Waals surface area (Å²) < 4.78 is 8.17. The van der Waals surface area contributed by atoms with E-state index in [1.165, 1.54) is 0 Å². The van der Waals surface area contributed by atoms with Gasteiger partial charge < -0.3 is 19.4 Å². The van der Waals surface area contributed by atoms with Gasteiger partial charge in [0.25, 0.3) is 5.91 Å². The van der Waals surface area contributed by atoms with Crippen LogP contribution in [0.25, 0.3) is 33.7 Å². The fraction of sp³-hybridized carbons (Fsp3) is 0.342. The van der Waals surface area contributed by atoms with Gasteiger partial charge in [-0.3, -0.25) is 19.4 Å². The van der Waals surface area contributed by atoms with E-state index >= 15 is 0 Å². The minimum Gasteiger partial charge on any atom is -0.481 e. The Morgan fingerprint density at radius 2 is 1.80 bits per heavy atom. The molecule has 0 unspecified atom stereocenters. The maximum absolute atomic E-state index is 13.5. The molecule has 1 fully saturated rings. The number of carbonyl (C=O) groups excluding carboxylic acids is 1. The zero-order valence-corrected chi connectivity index (χ0v) is 28.2. The van der Waals surface area contributed by atoms with Crippen LogP contribution in [0.3, 0.4) is 0 Å². The summed E-state index contributed by atoms with van der Waals surface area (Å²) in [6.07, 6.45) is 1.49. The number of aliphatic carboxylic acids is 1. The number of likely N-dealkylation sites (tertiary alicyclic amines) is 1. The average molecular weight is 658 g/mol. The van der Waals surface area contributed by atoms with Crippen molar-refractivity contribution in [1.82, 2.24) is 24.3 Å². The Bertz CT molecular complexity index is 2160. The van der Waals surface area contributed by atoms with Gasteiger partial charge in [-0.15, -0.1) is 0 Å². The molecule has 2 N–H and O–H groups in total. The molecular formula is C38H39N7O4. The first-order chi connectivity index (χ1) is 23.6. The van der Waals surface area contributed by atoms with E-state index in [0.29, 0.717) is 60.1 Å². The summed E-state index contributed by atoms with van der Waals surface area (Å²) in [6, 6.07) is 17.8. The summed E-state index contributed by atoms with van der Waals surface area (Å²) in [6.45, 7) is 10.5. The Morgan fingerprint density at radius 3 is 2.53 bits per heavy atom. The van der Waals surface area contributed by atoms with Crippen molar-refractivity contribution in [2.45, 2.75) is 46.7 Å². The second kappa shape index (κ2) is 13.0. The third-order valence-corrected chi connectivity index (χ3v) is 10.1. The fourth-order valence-corrected chi connectivity index (χ4v) is 7.27. The van der Waals surface area contributed by atoms with Gasteiger partial charge in [0, 0.05) is 56.6 Å². The number of nitriles is 1. The van der Waals surface area contributed by atoms with Crippen LogP contribution in [0.15, 0.2) is 52.9 Å². The summed E-state index contributed by atoms with van der Waals surface area (Å²) >= 11 is 0. The third kappa shape index (κ3) is 5.98. The second-order valence-corrected chi connectivity index (χ2v) is 13.1. The van der Waals surface area contributed by atoms with Crippen LogP contribution in [-0.2, 0) is 31.4 Å². The first-order valence-electron chi connectivity index (χ1n) is 16.7. The summed E-state index contributed by atoms with van der Waals surface area (Å²) in [5.41, 5.74) is 9.72. The van der Waals surface area contributed by atoms with Gasteiger partial charge in [0.2, 0.25) is 5.89 Å². The molecule has 2 aliphatic heterocycles. The number of benzene rings is 3. The molecule has 1 atom stereocenters. The highest BCUT2D eigenvalue weighted by molar-refractivity contribution is 6.03. The Morgan fingerprint density at radius 1 is 1.04 bits per heavy atom. The summed E-state index contributed by atoms with van der Waals surface area (Å²) in [7, 11) is 1.91. The van der Waals surface area contributed by atoms with Gasteiger partial charge in [-0.05, 0) is 85.4 Å². The van der Waals surface area contributed by atoms with Crippen molar-refractivity contribution in [1.29, 1.82) is 5.26 Å². The van der Waals surface area contributed by atoms with Crippen LogP contribution in [0.5, 0.6) is 0 Å². The number of fused-ring (bicyclic) bond motifs is 2. The lowest BCUT2D eigenvalue weighted by Gasteiger charge is -2.24. The summed E-state index contributed by atoms with van der Waals surface area (Å²) in [4.78, 5) is 38.9. The van der Waals surface area contributed by atoms with Crippen LogP contribution in [-0.4, -0.2) is 67.5 Å². The van der Waals surface area contributed by atoms with E-state index in [0.717, 1.165) is 70.8 Å². The molecule has 4 heterocycles. The molecule has 3 aromatic carbocycles. The van der Waals surface area contributed by atoms with E-state index < -0.39 is 5.97 Å². The smallest absolute Gasteiger partial charge is 0.307 e. The van der Waals surface area contributed by atoms with E-state index in [2.05, 4.69) is 28.1 Å². The predicted molar refractivity (Wildman–Crippen MR) is 186 cm³/mol. The number of hydrogen-bond acceptors (Lipinski definition) is 8. The number of likely N-dealkylation sites (N-methyl/N-ethyl adjacent to an activating group) is 1. The lowest BCUT2D eigenvalue weighted by Crippen LogP contribution is -2.30. The minimum absolute atomic E-state index is 0.240. The Balaban J connectivity index is 1.16. The van der Waals surface area contributed by atoms with E-state index in [9.17, 15) is 20.0 Å². The molecule has 0 radical (unpaired) electrons. The van der Waals surface area contributed by atoms with Gasteiger partial charge in [-0.1, -0.05) is 31.2 Å². The molecule has 0 aliphatic carbocycles. The molecule has 1 saturated heterocycles. The average Bonchev–Trinajstić information content (AvgIpc) is 3.83. The molecule has 11 nitrogen and oxygen atoms in total. The molecule has 2 aromatic heterocycles. The molecule has 7 rings (SSSR count). The quantitative estimate of drug-likeness (QED) is 0.208. The summed E-state index contributed by atoms with van der Waals surface area (Å²) in [5, 5.41) is 22.5. The van der Waals surface area contributed by atoms with Crippen LogP contribution >= 0.6 is 0 Å². The van der Waals surface area contributed by atoms with E-state index in [1.807, 2.05) is 67.9 Å². The molecule has 0 spiro atoms. The number of rotatable bonds is 8. The minimum atomic E-state index is -0.771. The van der Waals surface area contributed by atoms with E-state index in [1.54, 1.807) is 6.07 Å². The van der Waals surface area contributed by atoms with Gasteiger partial charge in [0.15, 0.2) is 11.4 Å². The lowest BCUT2D eigenvalue weighted by atomic mass is 9.93. The molecule has 1 amide bonds. The van der Waals surface area contributed by atoms with Crippen molar-refractivity contribution in [2.24, 2.45) is 13.0 Å².